The lowest BCUT2D eigenvalue weighted by molar-refractivity contribution is -0.142. The number of aliphatic carboxylic acids is 4. The average Bonchev–Trinajstić information content (AvgIpc) is 3.38. The minimum absolute atomic E-state index is 0.00547. The summed E-state index contributed by atoms with van der Waals surface area (Å²) in [6, 6.07) is 4.59. The summed E-state index contributed by atoms with van der Waals surface area (Å²) in [5.41, 5.74) is 0.659. The van der Waals surface area contributed by atoms with Crippen molar-refractivity contribution in [3.8, 4) is 5.75 Å². The fourth-order valence-corrected chi connectivity index (χ4v) is 4.37. The molecule has 17 heteroatoms. The predicted octanol–water partition coefficient (Wildman–Crippen LogP) is 0.305. The van der Waals surface area contributed by atoms with Gasteiger partial charge < -0.3 is 44.1 Å². The minimum atomic E-state index is -1.28. The maximum absolute atomic E-state index is 12.6. The van der Waals surface area contributed by atoms with Crippen molar-refractivity contribution >= 4 is 69.8 Å². The largest absolute Gasteiger partial charge is 0.489 e. The third-order valence-corrected chi connectivity index (χ3v) is 6.65. The molecule has 16 nitrogen and oxygen atoms in total. The number of anilines is 1. The molecule has 0 atom stereocenters. The number of carbonyl (C=O) groups is 5. The maximum Gasteiger partial charge on any atom is 0.323 e. The minimum Gasteiger partial charge on any atom is -0.489 e. The van der Waals surface area contributed by atoms with E-state index in [-0.39, 0.29) is 60.7 Å². The van der Waals surface area contributed by atoms with Crippen molar-refractivity contribution in [3.05, 3.63) is 29.7 Å². The first-order valence-corrected chi connectivity index (χ1v) is 13.1. The molecule has 1 aromatic heterocycles. The molecule has 0 aliphatic carbocycles. The molecule has 4 N–H and O–H groups in total. The second-order valence-corrected chi connectivity index (χ2v) is 9.71. The SMILES string of the molecule is CN1C(=O)C(=Cc2cc3cc(OCCOCCN(CC(=O)O)CC(=O)O)c(N(CC(=O)O)CC(=O)O)cc3o2)N(C)C1=S. The molecule has 3 rings (SSSR count). The van der Waals surface area contributed by atoms with Crippen LogP contribution in [0.15, 0.2) is 28.3 Å². The molecule has 2 heterocycles. The van der Waals surface area contributed by atoms with Gasteiger partial charge in [0.05, 0.1) is 32.0 Å². The van der Waals surface area contributed by atoms with Crippen LogP contribution in [0.1, 0.15) is 5.76 Å². The van der Waals surface area contributed by atoms with E-state index in [2.05, 4.69) is 0 Å². The Morgan fingerprint density at radius 3 is 2.02 bits per heavy atom. The Hall–Kier alpha value is -4.74. The van der Waals surface area contributed by atoms with Crippen LogP contribution in [0.3, 0.4) is 0 Å². The van der Waals surface area contributed by atoms with Gasteiger partial charge in [-0.05, 0) is 24.4 Å². The first kappa shape index (κ1) is 32.8. The van der Waals surface area contributed by atoms with Crippen LogP contribution in [-0.4, -0.2) is 137 Å². The monoisotopic (exact) mass is 622 g/mol. The molecule has 232 valence electrons. The molecule has 0 radical (unpaired) electrons. The molecule has 1 aliphatic rings. The van der Waals surface area contributed by atoms with Gasteiger partial charge >= 0.3 is 23.9 Å². The first-order chi connectivity index (χ1) is 20.3. The first-order valence-electron chi connectivity index (χ1n) is 12.7. The Morgan fingerprint density at radius 2 is 1.49 bits per heavy atom. The number of hydrogen-bond donors (Lipinski definition) is 4. The smallest absolute Gasteiger partial charge is 0.323 e. The van der Waals surface area contributed by atoms with Crippen molar-refractivity contribution in [1.29, 1.82) is 0 Å². The topological polar surface area (TPSA) is 211 Å². The van der Waals surface area contributed by atoms with E-state index in [9.17, 15) is 34.2 Å². The summed E-state index contributed by atoms with van der Waals surface area (Å²) < 4.78 is 17.2. The van der Waals surface area contributed by atoms with Gasteiger partial charge in [-0.2, -0.15) is 0 Å². The van der Waals surface area contributed by atoms with Crippen LogP contribution in [0.2, 0.25) is 0 Å². The van der Waals surface area contributed by atoms with Gasteiger partial charge in [0.1, 0.15) is 42.5 Å². The van der Waals surface area contributed by atoms with Gasteiger partial charge in [-0.15, -0.1) is 0 Å². The molecule has 43 heavy (non-hydrogen) atoms. The van der Waals surface area contributed by atoms with E-state index in [1.54, 1.807) is 20.2 Å². The Kier molecular flexibility index (Phi) is 11.0. The fourth-order valence-electron chi connectivity index (χ4n) is 4.19. The molecule has 1 aliphatic heterocycles. The summed E-state index contributed by atoms with van der Waals surface area (Å²) >= 11 is 5.23. The standard InChI is InChI=1S/C26H30N4O12S/c1-27-18(25(39)28(2)26(27)43)9-16-7-15-8-20(17(10-19(15)42-16)30(13-23(35)36)14-24(37)38)41-6-5-40-4-3-29(11-21(31)32)12-22(33)34/h7-10H,3-6,11-14H2,1-2H3,(H,31,32)(H,33,34)(H,35,36)(H,37,38). The number of carbonyl (C=O) groups excluding carboxylic acids is 1. The summed E-state index contributed by atoms with van der Waals surface area (Å²) in [5.74, 6) is -4.85. The Labute approximate surface area is 249 Å². The number of hydrogen-bond acceptors (Lipinski definition) is 11. The van der Waals surface area contributed by atoms with E-state index < -0.39 is 50.1 Å². The summed E-state index contributed by atoms with van der Waals surface area (Å²) in [6.45, 7) is -2.30. The molecule has 1 amide bonds. The predicted molar refractivity (Wildman–Crippen MR) is 153 cm³/mol. The van der Waals surface area contributed by atoms with Crippen LogP contribution in [0, 0.1) is 0 Å². The Balaban J connectivity index is 1.82. The molecule has 0 saturated carbocycles. The highest BCUT2D eigenvalue weighted by atomic mass is 32.1. The van der Waals surface area contributed by atoms with Crippen molar-refractivity contribution in [2.45, 2.75) is 0 Å². The highest BCUT2D eigenvalue weighted by molar-refractivity contribution is 7.80. The van der Waals surface area contributed by atoms with Crippen LogP contribution >= 0.6 is 12.2 Å². The number of carboxylic acids is 4. The third-order valence-electron chi connectivity index (χ3n) is 6.10. The second-order valence-electron chi connectivity index (χ2n) is 9.34. The molecule has 0 bridgehead atoms. The van der Waals surface area contributed by atoms with Gasteiger partial charge in [0.25, 0.3) is 5.91 Å². The number of amides is 1. The molecule has 1 aromatic carbocycles. The number of fused-ring (bicyclic) bond motifs is 1. The molecule has 1 saturated heterocycles. The lowest BCUT2D eigenvalue weighted by Crippen LogP contribution is -2.37. The zero-order valence-corrected chi connectivity index (χ0v) is 24.0. The molecule has 0 unspecified atom stereocenters. The van der Waals surface area contributed by atoms with Crippen molar-refractivity contribution in [3.63, 3.8) is 0 Å². The molecular weight excluding hydrogens is 592 g/mol. The van der Waals surface area contributed by atoms with Gasteiger partial charge in [0.2, 0.25) is 0 Å². The van der Waals surface area contributed by atoms with Gasteiger partial charge in [-0.3, -0.25) is 33.8 Å². The number of furan rings is 1. The van der Waals surface area contributed by atoms with Crippen LogP contribution in [0.25, 0.3) is 17.0 Å². The van der Waals surface area contributed by atoms with Crippen LogP contribution in [0.4, 0.5) is 5.69 Å². The van der Waals surface area contributed by atoms with E-state index in [0.717, 1.165) is 4.90 Å². The van der Waals surface area contributed by atoms with E-state index in [4.69, 9.17) is 36.3 Å². The fraction of sp³-hybridized carbons (Fsp3) is 0.385. The number of carboxylic acid groups (broad SMARTS) is 4. The molecule has 2 aromatic rings. The summed E-state index contributed by atoms with van der Waals surface area (Å²) in [6.07, 6.45) is 1.50. The van der Waals surface area contributed by atoms with E-state index in [1.165, 1.54) is 32.9 Å². The summed E-state index contributed by atoms with van der Waals surface area (Å²) in [4.78, 5) is 62.5. The number of ether oxygens (including phenoxy) is 2. The highest BCUT2D eigenvalue weighted by Gasteiger charge is 2.33. The number of likely N-dealkylation sites (N-methyl/N-ethyl adjacent to an activating group) is 2. The van der Waals surface area contributed by atoms with E-state index >= 15 is 0 Å². The molecule has 1 fully saturated rings. The second kappa shape index (κ2) is 14.4. The lowest BCUT2D eigenvalue weighted by Gasteiger charge is -2.23. The van der Waals surface area contributed by atoms with Crippen LogP contribution < -0.4 is 9.64 Å². The van der Waals surface area contributed by atoms with Crippen molar-refractivity contribution in [2.75, 3.05) is 71.5 Å². The number of rotatable bonds is 17. The summed E-state index contributed by atoms with van der Waals surface area (Å²) in [5, 5.41) is 37.5. The average molecular weight is 623 g/mol. The van der Waals surface area contributed by atoms with Gasteiger partial charge in [0, 0.05) is 38.2 Å². The zero-order valence-electron chi connectivity index (χ0n) is 23.2. The van der Waals surface area contributed by atoms with Gasteiger partial charge in [-0.25, -0.2) is 0 Å². The number of thiocarbonyl (C=S) groups is 1. The van der Waals surface area contributed by atoms with Gasteiger partial charge in [-0.1, -0.05) is 0 Å². The third kappa shape index (κ3) is 8.87. The van der Waals surface area contributed by atoms with Crippen LogP contribution in [-0.2, 0) is 28.7 Å². The Morgan fingerprint density at radius 1 is 0.884 bits per heavy atom. The van der Waals surface area contributed by atoms with E-state index in [1.807, 2.05) is 0 Å². The maximum atomic E-state index is 12.6. The quantitative estimate of drug-likeness (QED) is 0.106. The van der Waals surface area contributed by atoms with Crippen molar-refractivity contribution in [2.24, 2.45) is 0 Å². The lowest BCUT2D eigenvalue weighted by atomic mass is 10.2. The van der Waals surface area contributed by atoms with Crippen molar-refractivity contribution < 1.29 is 58.3 Å². The number of nitrogens with zero attached hydrogens (tertiary/aromatic N) is 4. The van der Waals surface area contributed by atoms with Gasteiger partial charge in [0.15, 0.2) is 5.11 Å². The normalized spacial score (nSPS) is 14.3. The van der Waals surface area contributed by atoms with Crippen molar-refractivity contribution in [1.82, 2.24) is 14.7 Å². The zero-order chi connectivity index (χ0) is 31.8. The molecular formula is C26H30N4O12S. The summed E-state index contributed by atoms with van der Waals surface area (Å²) in [7, 11) is 3.18. The Bertz CT molecular complexity index is 1420. The van der Waals surface area contributed by atoms with Crippen LogP contribution in [0.5, 0.6) is 5.75 Å². The molecule has 0 spiro atoms. The highest BCUT2D eigenvalue weighted by Crippen LogP contribution is 2.36. The van der Waals surface area contributed by atoms with E-state index in [0.29, 0.717) is 10.5 Å². The number of benzene rings is 1.